The molecule has 1 amide bonds. The van der Waals surface area contributed by atoms with Crippen molar-refractivity contribution in [2.45, 2.75) is 10.6 Å². The summed E-state index contributed by atoms with van der Waals surface area (Å²) < 4.78 is 25.4. The predicted octanol–water partition coefficient (Wildman–Crippen LogP) is 5.04. The molecule has 0 heterocycles. The standard InChI is InChI=1S/C22H21ClN2O3S2/c1-30(27,28)25(21-10-6-5-9-20(21)23)15-22(26)24-18-13-11-17(12-14-18)16-29-19-7-3-2-4-8-19/h2-14H,15-16H2,1H3,(H,24,26). The third-order valence-electron chi connectivity index (χ3n) is 4.20. The smallest absolute Gasteiger partial charge is 0.245 e. The lowest BCUT2D eigenvalue weighted by atomic mass is 10.2. The molecule has 0 saturated heterocycles. The summed E-state index contributed by atoms with van der Waals surface area (Å²) in [6, 6.07) is 24.1. The van der Waals surface area contributed by atoms with Crippen LogP contribution in [0.2, 0.25) is 5.02 Å². The first-order chi connectivity index (χ1) is 14.3. The summed E-state index contributed by atoms with van der Waals surface area (Å²) in [4.78, 5) is 13.7. The summed E-state index contributed by atoms with van der Waals surface area (Å²) in [6.45, 7) is -0.367. The van der Waals surface area contributed by atoms with Crippen LogP contribution in [-0.4, -0.2) is 27.1 Å². The van der Waals surface area contributed by atoms with E-state index in [-0.39, 0.29) is 17.3 Å². The molecule has 0 radical (unpaired) electrons. The fourth-order valence-corrected chi connectivity index (χ4v) is 4.77. The topological polar surface area (TPSA) is 66.5 Å². The third-order valence-corrected chi connectivity index (χ3v) is 6.72. The zero-order valence-electron chi connectivity index (χ0n) is 16.3. The third kappa shape index (κ3) is 6.26. The molecule has 0 saturated carbocycles. The number of nitrogens with one attached hydrogen (secondary N) is 1. The number of halogens is 1. The zero-order chi connectivity index (χ0) is 21.6. The van der Waals surface area contributed by atoms with Gasteiger partial charge in [-0.25, -0.2) is 8.42 Å². The van der Waals surface area contributed by atoms with Crippen molar-refractivity contribution < 1.29 is 13.2 Å². The summed E-state index contributed by atoms with van der Waals surface area (Å²) in [7, 11) is -3.68. The number of anilines is 2. The number of nitrogens with zero attached hydrogens (tertiary/aromatic N) is 1. The molecule has 0 aromatic heterocycles. The monoisotopic (exact) mass is 460 g/mol. The van der Waals surface area contributed by atoms with Crippen LogP contribution in [0.3, 0.4) is 0 Å². The van der Waals surface area contributed by atoms with E-state index < -0.39 is 15.9 Å². The molecule has 3 aromatic carbocycles. The predicted molar refractivity (Wildman–Crippen MR) is 125 cm³/mol. The van der Waals surface area contributed by atoms with E-state index in [1.54, 1.807) is 48.2 Å². The van der Waals surface area contributed by atoms with Crippen molar-refractivity contribution >= 4 is 50.7 Å². The lowest BCUT2D eigenvalue weighted by Crippen LogP contribution is -2.37. The van der Waals surface area contributed by atoms with Gasteiger partial charge in [-0.1, -0.05) is 54.1 Å². The molecule has 0 aliphatic rings. The van der Waals surface area contributed by atoms with Crippen molar-refractivity contribution in [2.24, 2.45) is 0 Å². The quantitative estimate of drug-likeness (QED) is 0.478. The Balaban J connectivity index is 1.62. The van der Waals surface area contributed by atoms with Gasteiger partial charge in [0.15, 0.2) is 0 Å². The fourth-order valence-electron chi connectivity index (χ4n) is 2.73. The van der Waals surface area contributed by atoms with Gasteiger partial charge < -0.3 is 5.32 Å². The number of thioether (sulfide) groups is 1. The molecule has 3 aromatic rings. The number of rotatable bonds is 8. The van der Waals surface area contributed by atoms with E-state index in [2.05, 4.69) is 17.4 Å². The molecular formula is C22H21ClN2O3S2. The minimum absolute atomic E-state index is 0.260. The molecular weight excluding hydrogens is 440 g/mol. The maximum absolute atomic E-state index is 12.5. The van der Waals surface area contributed by atoms with Gasteiger partial charge in [0.05, 0.1) is 17.0 Å². The van der Waals surface area contributed by atoms with E-state index in [1.165, 1.54) is 4.90 Å². The first-order valence-corrected chi connectivity index (χ1v) is 12.3. The second-order valence-corrected chi connectivity index (χ2v) is 9.93. The number of benzene rings is 3. The zero-order valence-corrected chi connectivity index (χ0v) is 18.7. The molecule has 0 bridgehead atoms. The number of hydrogen-bond acceptors (Lipinski definition) is 4. The second kappa shape index (κ2) is 10.0. The summed E-state index contributed by atoms with van der Waals surface area (Å²) in [5.41, 5.74) is 1.99. The lowest BCUT2D eigenvalue weighted by molar-refractivity contribution is -0.114. The highest BCUT2D eigenvalue weighted by Crippen LogP contribution is 2.27. The maximum Gasteiger partial charge on any atom is 0.245 e. The SMILES string of the molecule is CS(=O)(=O)N(CC(=O)Nc1ccc(CSc2ccccc2)cc1)c1ccccc1Cl. The van der Waals surface area contributed by atoms with Crippen LogP contribution in [0.5, 0.6) is 0 Å². The van der Waals surface area contributed by atoms with E-state index in [0.29, 0.717) is 5.69 Å². The number of para-hydroxylation sites is 1. The fraction of sp³-hybridized carbons (Fsp3) is 0.136. The molecule has 0 fully saturated rings. The van der Waals surface area contributed by atoms with Gasteiger partial charge >= 0.3 is 0 Å². The summed E-state index contributed by atoms with van der Waals surface area (Å²) in [5, 5.41) is 3.00. The van der Waals surface area contributed by atoms with Crippen molar-refractivity contribution in [3.63, 3.8) is 0 Å². The Hall–Kier alpha value is -2.48. The van der Waals surface area contributed by atoms with Gasteiger partial charge in [-0.3, -0.25) is 9.10 Å². The minimum atomic E-state index is -3.68. The minimum Gasteiger partial charge on any atom is -0.325 e. The molecule has 156 valence electrons. The molecule has 0 aliphatic carbocycles. The van der Waals surface area contributed by atoms with Crippen LogP contribution in [0.25, 0.3) is 0 Å². The van der Waals surface area contributed by atoms with Crippen molar-refractivity contribution in [2.75, 3.05) is 22.4 Å². The summed E-state index contributed by atoms with van der Waals surface area (Å²) >= 11 is 7.85. The highest BCUT2D eigenvalue weighted by atomic mass is 35.5. The first-order valence-electron chi connectivity index (χ1n) is 9.12. The van der Waals surface area contributed by atoms with E-state index in [0.717, 1.165) is 21.9 Å². The Morgan fingerprint density at radius 2 is 1.60 bits per heavy atom. The maximum atomic E-state index is 12.5. The Bertz CT molecular complexity index is 1100. The molecule has 0 spiro atoms. The second-order valence-electron chi connectivity index (χ2n) is 6.57. The number of amides is 1. The highest BCUT2D eigenvalue weighted by Gasteiger charge is 2.22. The Morgan fingerprint density at radius 1 is 0.967 bits per heavy atom. The Kier molecular flexibility index (Phi) is 7.42. The van der Waals surface area contributed by atoms with Crippen LogP contribution in [0.15, 0.2) is 83.8 Å². The molecule has 0 unspecified atom stereocenters. The van der Waals surface area contributed by atoms with E-state index in [1.807, 2.05) is 30.3 Å². The van der Waals surface area contributed by atoms with Gasteiger partial charge in [0.25, 0.3) is 0 Å². The average molecular weight is 461 g/mol. The average Bonchev–Trinajstić information content (AvgIpc) is 2.72. The van der Waals surface area contributed by atoms with Crippen LogP contribution in [-0.2, 0) is 20.6 Å². The molecule has 0 atom stereocenters. The van der Waals surface area contributed by atoms with Crippen molar-refractivity contribution in [1.82, 2.24) is 0 Å². The number of hydrogen-bond donors (Lipinski definition) is 1. The number of carbonyl (C=O) groups excluding carboxylic acids is 1. The van der Waals surface area contributed by atoms with Crippen molar-refractivity contribution in [1.29, 1.82) is 0 Å². The van der Waals surface area contributed by atoms with Crippen LogP contribution in [0.1, 0.15) is 5.56 Å². The van der Waals surface area contributed by atoms with Gasteiger partial charge in [-0.15, -0.1) is 11.8 Å². The Labute approximate surface area is 186 Å². The van der Waals surface area contributed by atoms with E-state index >= 15 is 0 Å². The molecule has 3 rings (SSSR count). The first kappa shape index (κ1) is 22.2. The highest BCUT2D eigenvalue weighted by molar-refractivity contribution is 7.98. The van der Waals surface area contributed by atoms with E-state index in [9.17, 15) is 13.2 Å². The van der Waals surface area contributed by atoms with Crippen LogP contribution < -0.4 is 9.62 Å². The molecule has 8 heteroatoms. The largest absolute Gasteiger partial charge is 0.325 e. The van der Waals surface area contributed by atoms with Crippen LogP contribution >= 0.6 is 23.4 Å². The van der Waals surface area contributed by atoms with E-state index in [4.69, 9.17) is 11.6 Å². The van der Waals surface area contributed by atoms with Gasteiger partial charge in [-0.2, -0.15) is 0 Å². The number of sulfonamides is 1. The van der Waals surface area contributed by atoms with Crippen molar-refractivity contribution in [3.8, 4) is 0 Å². The number of carbonyl (C=O) groups is 1. The summed E-state index contributed by atoms with van der Waals surface area (Å²) in [6.07, 6.45) is 1.04. The molecule has 0 aliphatic heterocycles. The normalized spacial score (nSPS) is 11.1. The van der Waals surface area contributed by atoms with Gasteiger partial charge in [0.2, 0.25) is 15.9 Å². The van der Waals surface area contributed by atoms with Crippen molar-refractivity contribution in [3.05, 3.63) is 89.4 Å². The summed E-state index contributed by atoms with van der Waals surface area (Å²) in [5.74, 6) is 0.360. The van der Waals surface area contributed by atoms with Gasteiger partial charge in [0, 0.05) is 16.3 Å². The van der Waals surface area contributed by atoms with Crippen LogP contribution in [0.4, 0.5) is 11.4 Å². The van der Waals surface area contributed by atoms with Crippen LogP contribution in [0, 0.1) is 0 Å². The molecule has 5 nitrogen and oxygen atoms in total. The van der Waals surface area contributed by atoms with Gasteiger partial charge in [0.1, 0.15) is 6.54 Å². The molecule has 1 N–H and O–H groups in total. The lowest BCUT2D eigenvalue weighted by Gasteiger charge is -2.22. The van der Waals surface area contributed by atoms with Gasteiger partial charge in [-0.05, 0) is 42.0 Å². The molecule has 30 heavy (non-hydrogen) atoms. The Morgan fingerprint density at radius 3 is 2.23 bits per heavy atom.